The molecule has 1 aromatic heterocycles. The Morgan fingerprint density at radius 1 is 1.21 bits per heavy atom. The molecule has 0 spiro atoms. The molecular formula is C24H25Br2N3O4. The number of hydrogen-bond acceptors (Lipinski definition) is 6. The Balaban J connectivity index is 1.97. The zero-order valence-electron chi connectivity index (χ0n) is 19.1. The first-order valence-electron chi connectivity index (χ1n) is 10.4. The molecule has 9 heteroatoms. The number of halogens is 2. The van der Waals surface area contributed by atoms with Gasteiger partial charge in [0.25, 0.3) is 5.56 Å². The Labute approximate surface area is 209 Å². The second-order valence-corrected chi connectivity index (χ2v) is 10.2. The van der Waals surface area contributed by atoms with Gasteiger partial charge in [0.15, 0.2) is 6.10 Å². The number of esters is 1. The van der Waals surface area contributed by atoms with E-state index in [1.165, 1.54) is 4.68 Å². The molecule has 0 aliphatic rings. The van der Waals surface area contributed by atoms with E-state index in [-0.39, 0.29) is 5.56 Å². The first-order valence-corrected chi connectivity index (χ1v) is 12.0. The van der Waals surface area contributed by atoms with Crippen molar-refractivity contribution in [2.24, 2.45) is 5.10 Å². The van der Waals surface area contributed by atoms with Crippen LogP contribution < -0.4 is 10.3 Å². The van der Waals surface area contributed by atoms with Crippen LogP contribution in [0, 0.1) is 0 Å². The second-order valence-electron chi connectivity index (χ2n) is 8.41. The van der Waals surface area contributed by atoms with Crippen molar-refractivity contribution >= 4 is 54.9 Å². The lowest BCUT2D eigenvalue weighted by Gasteiger charge is -2.20. The fourth-order valence-corrected chi connectivity index (χ4v) is 3.91. The highest BCUT2D eigenvalue weighted by molar-refractivity contribution is 9.10. The van der Waals surface area contributed by atoms with Crippen molar-refractivity contribution in [3.05, 3.63) is 67.1 Å². The molecule has 0 bridgehead atoms. The standard InChI is InChI=1S/C24H25Br2N3O4/c1-6-32-22(31)14(2)33-20-10-7-15(11-18(20)26)13-27-29-21(30)17-12-16(25)8-9-19(17)28-23(29)24(3,4)5/h7-14H,6H2,1-5H3/t14-/m0/s1. The molecule has 1 atom stereocenters. The van der Waals surface area contributed by atoms with Crippen molar-refractivity contribution < 1.29 is 14.3 Å². The number of hydrogen-bond donors (Lipinski definition) is 0. The summed E-state index contributed by atoms with van der Waals surface area (Å²) in [6.07, 6.45) is 0.850. The van der Waals surface area contributed by atoms with Crippen LogP contribution >= 0.6 is 31.9 Å². The number of benzene rings is 2. The Morgan fingerprint density at radius 2 is 1.94 bits per heavy atom. The van der Waals surface area contributed by atoms with Crippen LogP contribution in [0.25, 0.3) is 10.9 Å². The molecule has 0 unspecified atom stereocenters. The minimum atomic E-state index is -0.739. The third kappa shape index (κ3) is 5.89. The van der Waals surface area contributed by atoms with E-state index in [1.807, 2.05) is 32.9 Å². The van der Waals surface area contributed by atoms with Crippen LogP contribution in [0.4, 0.5) is 0 Å². The first-order chi connectivity index (χ1) is 15.5. The maximum absolute atomic E-state index is 13.2. The summed E-state index contributed by atoms with van der Waals surface area (Å²) < 4.78 is 13.4. The molecule has 0 aliphatic carbocycles. The second kappa shape index (κ2) is 10.2. The third-order valence-electron chi connectivity index (χ3n) is 4.68. The average Bonchev–Trinajstić information content (AvgIpc) is 2.74. The lowest BCUT2D eigenvalue weighted by atomic mass is 9.95. The molecule has 174 valence electrons. The molecule has 0 saturated carbocycles. The topological polar surface area (TPSA) is 82.8 Å². The number of ether oxygens (including phenoxy) is 2. The molecule has 0 amide bonds. The van der Waals surface area contributed by atoms with Crippen LogP contribution in [-0.2, 0) is 14.9 Å². The van der Waals surface area contributed by atoms with Gasteiger partial charge in [0, 0.05) is 9.89 Å². The monoisotopic (exact) mass is 577 g/mol. The van der Waals surface area contributed by atoms with Gasteiger partial charge in [0.05, 0.1) is 28.2 Å². The summed E-state index contributed by atoms with van der Waals surface area (Å²) in [5.41, 5.74) is 0.711. The maximum atomic E-state index is 13.2. The molecule has 0 saturated heterocycles. The fraction of sp³-hybridized carbons (Fsp3) is 0.333. The Kier molecular flexibility index (Phi) is 7.74. The smallest absolute Gasteiger partial charge is 0.347 e. The van der Waals surface area contributed by atoms with E-state index in [1.54, 1.807) is 44.3 Å². The van der Waals surface area contributed by atoms with Crippen molar-refractivity contribution in [1.82, 2.24) is 9.66 Å². The highest BCUT2D eigenvalue weighted by atomic mass is 79.9. The van der Waals surface area contributed by atoms with Gasteiger partial charge >= 0.3 is 5.97 Å². The summed E-state index contributed by atoms with van der Waals surface area (Å²) >= 11 is 6.88. The highest BCUT2D eigenvalue weighted by Gasteiger charge is 2.23. The summed E-state index contributed by atoms with van der Waals surface area (Å²) in [6.45, 7) is 9.62. The van der Waals surface area contributed by atoms with Crippen LogP contribution in [0.15, 0.2) is 55.2 Å². The van der Waals surface area contributed by atoms with Crippen LogP contribution in [0.3, 0.4) is 0 Å². The van der Waals surface area contributed by atoms with Gasteiger partial charge in [0.1, 0.15) is 11.6 Å². The molecule has 3 aromatic rings. The number of rotatable bonds is 6. The van der Waals surface area contributed by atoms with E-state index < -0.39 is 17.5 Å². The largest absolute Gasteiger partial charge is 0.478 e. The Hall–Kier alpha value is -2.52. The highest BCUT2D eigenvalue weighted by Crippen LogP contribution is 2.27. The number of carbonyl (C=O) groups is 1. The quantitative estimate of drug-likeness (QED) is 0.288. The molecule has 0 N–H and O–H groups in total. The van der Waals surface area contributed by atoms with Gasteiger partial charge in [-0.25, -0.2) is 9.78 Å². The molecular weight excluding hydrogens is 554 g/mol. The first kappa shape index (κ1) is 25.1. The van der Waals surface area contributed by atoms with Crippen molar-refractivity contribution in [2.75, 3.05) is 6.61 Å². The Bertz CT molecular complexity index is 1280. The summed E-state index contributed by atoms with van der Waals surface area (Å²) in [7, 11) is 0. The third-order valence-corrected chi connectivity index (χ3v) is 5.79. The fourth-order valence-electron chi connectivity index (χ4n) is 3.06. The van der Waals surface area contributed by atoms with Gasteiger partial charge in [0.2, 0.25) is 0 Å². The SMILES string of the molecule is CCOC(=O)[C@H](C)Oc1ccc(C=Nn2c(C(C)(C)C)nc3ccc(Br)cc3c2=O)cc1Br. The molecule has 0 radical (unpaired) electrons. The number of carbonyl (C=O) groups excluding carboxylic acids is 1. The summed E-state index contributed by atoms with van der Waals surface area (Å²) in [5.74, 6) is 0.623. The van der Waals surface area contributed by atoms with Gasteiger partial charge in [-0.2, -0.15) is 9.78 Å². The van der Waals surface area contributed by atoms with Crippen LogP contribution in [0.1, 0.15) is 46.0 Å². The lowest BCUT2D eigenvalue weighted by Crippen LogP contribution is -2.29. The van der Waals surface area contributed by atoms with E-state index in [2.05, 4.69) is 37.0 Å². The summed E-state index contributed by atoms with van der Waals surface area (Å²) in [6, 6.07) is 10.7. The number of nitrogens with zero attached hydrogens (tertiary/aromatic N) is 3. The van der Waals surface area contributed by atoms with Gasteiger partial charge in [-0.1, -0.05) is 36.7 Å². The van der Waals surface area contributed by atoms with E-state index in [0.717, 1.165) is 10.0 Å². The average molecular weight is 579 g/mol. The van der Waals surface area contributed by atoms with Crippen LogP contribution in [-0.4, -0.2) is 34.6 Å². The molecule has 7 nitrogen and oxygen atoms in total. The normalized spacial score (nSPS) is 12.8. The van der Waals surface area contributed by atoms with E-state index >= 15 is 0 Å². The number of aromatic nitrogens is 2. The zero-order chi connectivity index (χ0) is 24.3. The van der Waals surface area contributed by atoms with Crippen molar-refractivity contribution in [2.45, 2.75) is 46.1 Å². The molecule has 0 fully saturated rings. The van der Waals surface area contributed by atoms with E-state index in [9.17, 15) is 9.59 Å². The van der Waals surface area contributed by atoms with Crippen LogP contribution in [0.5, 0.6) is 5.75 Å². The van der Waals surface area contributed by atoms with Gasteiger partial charge in [-0.15, -0.1) is 0 Å². The predicted molar refractivity (Wildman–Crippen MR) is 136 cm³/mol. The Morgan fingerprint density at radius 3 is 2.58 bits per heavy atom. The molecule has 33 heavy (non-hydrogen) atoms. The van der Waals surface area contributed by atoms with Crippen molar-refractivity contribution in [3.8, 4) is 5.75 Å². The lowest BCUT2D eigenvalue weighted by molar-refractivity contribution is -0.150. The van der Waals surface area contributed by atoms with Gasteiger partial charge < -0.3 is 9.47 Å². The zero-order valence-corrected chi connectivity index (χ0v) is 22.2. The maximum Gasteiger partial charge on any atom is 0.347 e. The van der Waals surface area contributed by atoms with E-state index in [0.29, 0.717) is 33.6 Å². The predicted octanol–water partition coefficient (Wildman–Crippen LogP) is 5.43. The van der Waals surface area contributed by atoms with Crippen molar-refractivity contribution in [1.29, 1.82) is 0 Å². The molecule has 3 rings (SSSR count). The summed E-state index contributed by atoms with van der Waals surface area (Å²) in [5, 5.41) is 4.95. The van der Waals surface area contributed by atoms with Gasteiger partial charge in [-0.3, -0.25) is 4.79 Å². The minimum absolute atomic E-state index is 0.246. The van der Waals surface area contributed by atoms with E-state index in [4.69, 9.17) is 14.5 Å². The van der Waals surface area contributed by atoms with Crippen molar-refractivity contribution in [3.63, 3.8) is 0 Å². The molecule has 0 aliphatic heterocycles. The molecule has 2 aromatic carbocycles. The number of fused-ring (bicyclic) bond motifs is 1. The molecule has 1 heterocycles. The summed E-state index contributed by atoms with van der Waals surface area (Å²) in [4.78, 5) is 29.8. The van der Waals surface area contributed by atoms with Gasteiger partial charge in [-0.05, 0) is 71.7 Å². The minimum Gasteiger partial charge on any atom is -0.478 e. The van der Waals surface area contributed by atoms with Crippen LogP contribution in [0.2, 0.25) is 0 Å².